The van der Waals surface area contributed by atoms with Crippen LogP contribution >= 0.6 is 0 Å². The fourth-order valence-corrected chi connectivity index (χ4v) is 3.82. The van der Waals surface area contributed by atoms with Crippen LogP contribution in [0.15, 0.2) is 30.3 Å². The van der Waals surface area contributed by atoms with Gasteiger partial charge < -0.3 is 10.0 Å². The third-order valence-corrected chi connectivity index (χ3v) is 5.31. The first kappa shape index (κ1) is 18.9. The van der Waals surface area contributed by atoms with Crippen molar-refractivity contribution in [3.05, 3.63) is 35.9 Å². The van der Waals surface area contributed by atoms with Crippen LogP contribution in [0, 0.1) is 5.92 Å². The van der Waals surface area contributed by atoms with Crippen molar-refractivity contribution in [1.82, 2.24) is 9.80 Å². The smallest absolute Gasteiger partial charge is 0.317 e. The van der Waals surface area contributed by atoms with E-state index in [2.05, 4.69) is 60.9 Å². The molecule has 1 aliphatic heterocycles. The van der Waals surface area contributed by atoms with E-state index in [1.165, 1.54) is 5.56 Å². The molecule has 1 aliphatic rings. The van der Waals surface area contributed by atoms with Crippen molar-refractivity contribution in [1.29, 1.82) is 0 Å². The summed E-state index contributed by atoms with van der Waals surface area (Å²) in [6, 6.07) is 11.2. The number of likely N-dealkylation sites (N-methyl/N-ethyl adjacent to an activating group) is 1. The summed E-state index contributed by atoms with van der Waals surface area (Å²) in [5.41, 5.74) is 1.43. The quantitative estimate of drug-likeness (QED) is 0.793. The molecule has 0 aromatic heterocycles. The van der Waals surface area contributed by atoms with Gasteiger partial charge in [0, 0.05) is 12.6 Å². The summed E-state index contributed by atoms with van der Waals surface area (Å²) in [6.45, 7) is 10.9. The molecule has 24 heavy (non-hydrogen) atoms. The van der Waals surface area contributed by atoms with Gasteiger partial charge in [-0.2, -0.15) is 0 Å². The van der Waals surface area contributed by atoms with Crippen molar-refractivity contribution in [3.8, 4) is 0 Å². The molecule has 1 N–H and O–H groups in total. The Morgan fingerprint density at radius 1 is 1.25 bits per heavy atom. The van der Waals surface area contributed by atoms with E-state index in [0.717, 1.165) is 39.0 Å². The molecule has 0 spiro atoms. The lowest BCUT2D eigenvalue weighted by Gasteiger charge is -2.39. The van der Waals surface area contributed by atoms with Crippen LogP contribution < -0.4 is 0 Å². The third-order valence-electron chi connectivity index (χ3n) is 5.31. The molecule has 134 valence electrons. The number of rotatable bonds is 8. The fourth-order valence-electron chi connectivity index (χ4n) is 3.82. The zero-order valence-corrected chi connectivity index (χ0v) is 15.3. The largest absolute Gasteiger partial charge is 0.480 e. The molecule has 0 bridgehead atoms. The summed E-state index contributed by atoms with van der Waals surface area (Å²) < 4.78 is 0. The summed E-state index contributed by atoms with van der Waals surface area (Å²) in [5.74, 6) is 0.455. The molecule has 1 heterocycles. The number of aliphatic carboxylic acids is 1. The van der Waals surface area contributed by atoms with Gasteiger partial charge in [0.2, 0.25) is 0 Å². The number of nitrogens with zero attached hydrogens (tertiary/aromatic N) is 2. The lowest BCUT2D eigenvalue weighted by atomic mass is 9.87. The Balaban J connectivity index is 1.90. The molecule has 1 saturated heterocycles. The van der Waals surface area contributed by atoms with Gasteiger partial charge in [0.25, 0.3) is 0 Å². The molecule has 4 nitrogen and oxygen atoms in total. The highest BCUT2D eigenvalue weighted by molar-refractivity contribution is 5.69. The number of likely N-dealkylation sites (tertiary alicyclic amines) is 1. The van der Waals surface area contributed by atoms with Crippen molar-refractivity contribution in [3.63, 3.8) is 0 Å². The van der Waals surface area contributed by atoms with E-state index in [-0.39, 0.29) is 6.54 Å². The Morgan fingerprint density at radius 3 is 2.38 bits per heavy atom. The van der Waals surface area contributed by atoms with Crippen molar-refractivity contribution in [2.75, 3.05) is 32.7 Å². The summed E-state index contributed by atoms with van der Waals surface area (Å²) in [5, 5.41) is 9.05. The minimum atomic E-state index is -0.719. The Bertz CT molecular complexity index is 496. The Labute approximate surface area is 146 Å². The Kier molecular flexibility index (Phi) is 7.25. The van der Waals surface area contributed by atoms with Gasteiger partial charge in [-0.25, -0.2) is 0 Å². The summed E-state index contributed by atoms with van der Waals surface area (Å²) >= 11 is 0. The summed E-state index contributed by atoms with van der Waals surface area (Å²) in [7, 11) is 0. The lowest BCUT2D eigenvalue weighted by molar-refractivity contribution is -0.139. The molecule has 2 rings (SSSR count). The van der Waals surface area contributed by atoms with E-state index in [1.54, 1.807) is 0 Å². The highest BCUT2D eigenvalue weighted by Gasteiger charge is 2.27. The molecule has 0 radical (unpaired) electrons. The van der Waals surface area contributed by atoms with Crippen LogP contribution in [0.25, 0.3) is 0 Å². The van der Waals surface area contributed by atoms with E-state index in [1.807, 2.05) is 0 Å². The zero-order valence-electron chi connectivity index (χ0n) is 15.3. The molecule has 4 heteroatoms. The molecule has 1 aromatic carbocycles. The first-order chi connectivity index (χ1) is 11.5. The van der Waals surface area contributed by atoms with Gasteiger partial charge >= 0.3 is 5.97 Å². The molecule has 1 atom stereocenters. The molecule has 0 saturated carbocycles. The summed E-state index contributed by atoms with van der Waals surface area (Å²) in [4.78, 5) is 15.7. The van der Waals surface area contributed by atoms with Crippen molar-refractivity contribution in [2.24, 2.45) is 5.92 Å². The fraction of sp³-hybridized carbons (Fsp3) is 0.650. The van der Waals surface area contributed by atoms with Crippen molar-refractivity contribution >= 4 is 5.97 Å². The molecular weight excluding hydrogens is 300 g/mol. The van der Waals surface area contributed by atoms with E-state index >= 15 is 0 Å². The third kappa shape index (κ3) is 5.32. The average molecular weight is 332 g/mol. The van der Waals surface area contributed by atoms with Crippen LogP contribution in [0.1, 0.15) is 45.1 Å². The first-order valence-corrected chi connectivity index (χ1v) is 9.24. The molecule has 1 fully saturated rings. The van der Waals surface area contributed by atoms with Gasteiger partial charge in [-0.3, -0.25) is 9.69 Å². The highest BCUT2D eigenvalue weighted by atomic mass is 16.4. The minimum absolute atomic E-state index is 0.166. The number of benzene rings is 1. The zero-order chi connectivity index (χ0) is 17.5. The van der Waals surface area contributed by atoms with Crippen LogP contribution in [-0.2, 0) is 4.79 Å². The van der Waals surface area contributed by atoms with Gasteiger partial charge in [0.15, 0.2) is 0 Å². The lowest BCUT2D eigenvalue weighted by Crippen LogP contribution is -2.47. The predicted octanol–water partition coefficient (Wildman–Crippen LogP) is 3.30. The van der Waals surface area contributed by atoms with Gasteiger partial charge in [0.05, 0.1) is 6.54 Å². The monoisotopic (exact) mass is 332 g/mol. The number of piperidine rings is 1. The van der Waals surface area contributed by atoms with Gasteiger partial charge in [-0.1, -0.05) is 51.1 Å². The minimum Gasteiger partial charge on any atom is -0.480 e. The number of hydrogen-bond donors (Lipinski definition) is 1. The SMILES string of the molecule is CCN(CC(=O)O)C1CCN(CC(c2ccccc2)C(C)C)CC1. The van der Waals surface area contributed by atoms with Crippen LogP contribution in [0.5, 0.6) is 0 Å². The Morgan fingerprint density at radius 2 is 1.88 bits per heavy atom. The van der Waals surface area contributed by atoms with Gasteiger partial charge in [-0.15, -0.1) is 0 Å². The molecular formula is C20H32N2O2. The number of hydrogen-bond acceptors (Lipinski definition) is 3. The van der Waals surface area contributed by atoms with E-state index in [9.17, 15) is 4.79 Å². The summed E-state index contributed by atoms with van der Waals surface area (Å²) in [6.07, 6.45) is 2.14. The number of carboxylic acids is 1. The molecule has 1 aromatic rings. The average Bonchev–Trinajstić information content (AvgIpc) is 2.58. The van der Waals surface area contributed by atoms with E-state index in [0.29, 0.717) is 17.9 Å². The second-order valence-corrected chi connectivity index (χ2v) is 7.25. The Hall–Kier alpha value is -1.39. The van der Waals surface area contributed by atoms with Crippen LogP contribution in [-0.4, -0.2) is 59.6 Å². The maximum absolute atomic E-state index is 11.0. The van der Waals surface area contributed by atoms with E-state index in [4.69, 9.17) is 5.11 Å². The van der Waals surface area contributed by atoms with Crippen LogP contribution in [0.3, 0.4) is 0 Å². The molecule has 0 aliphatic carbocycles. The maximum atomic E-state index is 11.0. The molecule has 0 amide bonds. The second-order valence-electron chi connectivity index (χ2n) is 7.25. The van der Waals surface area contributed by atoms with E-state index < -0.39 is 5.97 Å². The number of carboxylic acid groups (broad SMARTS) is 1. The normalized spacial score (nSPS) is 18.2. The first-order valence-electron chi connectivity index (χ1n) is 9.24. The standard InChI is InChI=1S/C20H32N2O2/c1-4-22(15-20(23)24)18-10-12-21(13-11-18)14-19(16(2)3)17-8-6-5-7-9-17/h5-9,16,18-19H,4,10-15H2,1-3H3,(H,23,24). The van der Waals surface area contributed by atoms with Gasteiger partial charge in [-0.05, 0) is 49.9 Å². The number of carbonyl (C=O) groups is 1. The van der Waals surface area contributed by atoms with Crippen LogP contribution in [0.4, 0.5) is 0 Å². The van der Waals surface area contributed by atoms with Crippen molar-refractivity contribution in [2.45, 2.75) is 45.6 Å². The highest BCUT2D eigenvalue weighted by Crippen LogP contribution is 2.27. The topological polar surface area (TPSA) is 43.8 Å². The second kappa shape index (κ2) is 9.19. The van der Waals surface area contributed by atoms with Gasteiger partial charge in [0.1, 0.15) is 0 Å². The predicted molar refractivity (Wildman–Crippen MR) is 98.4 cm³/mol. The van der Waals surface area contributed by atoms with Crippen molar-refractivity contribution < 1.29 is 9.90 Å². The van der Waals surface area contributed by atoms with Crippen LogP contribution in [0.2, 0.25) is 0 Å². The maximum Gasteiger partial charge on any atom is 0.317 e. The molecule has 1 unspecified atom stereocenters.